The van der Waals surface area contributed by atoms with Gasteiger partial charge in [0.1, 0.15) is 0 Å². The Hall–Kier alpha value is -1.27. The Bertz CT molecular complexity index is 473. The minimum Gasteiger partial charge on any atom is -0.366 e. The Morgan fingerprint density at radius 2 is 2.00 bits per heavy atom. The molecule has 1 aromatic rings. The number of nitrogens with zero attached hydrogens (tertiary/aromatic N) is 2. The van der Waals surface area contributed by atoms with E-state index in [-0.39, 0.29) is 18.3 Å². The van der Waals surface area contributed by atoms with Gasteiger partial charge in [-0.25, -0.2) is 0 Å². The van der Waals surface area contributed by atoms with E-state index < -0.39 is 11.7 Å². The summed E-state index contributed by atoms with van der Waals surface area (Å²) in [5.74, 6) is 0. The molecular formula is C14H20F3N3. The molecule has 1 fully saturated rings. The summed E-state index contributed by atoms with van der Waals surface area (Å²) < 4.78 is 39.7. The zero-order valence-electron chi connectivity index (χ0n) is 11.7. The fourth-order valence-corrected chi connectivity index (χ4v) is 2.69. The zero-order chi connectivity index (χ0) is 14.9. The summed E-state index contributed by atoms with van der Waals surface area (Å²) in [5.41, 5.74) is 5.62. The number of benzene rings is 1. The van der Waals surface area contributed by atoms with Crippen molar-refractivity contribution in [3.8, 4) is 0 Å². The van der Waals surface area contributed by atoms with Crippen LogP contribution in [0.3, 0.4) is 0 Å². The number of hydrogen-bond acceptors (Lipinski definition) is 3. The van der Waals surface area contributed by atoms with Crippen LogP contribution >= 0.6 is 0 Å². The first-order chi connectivity index (χ1) is 9.32. The van der Waals surface area contributed by atoms with Gasteiger partial charge in [-0.2, -0.15) is 13.2 Å². The maximum Gasteiger partial charge on any atom is 0.418 e. The molecule has 0 radical (unpaired) electrons. The molecule has 2 rings (SSSR count). The number of anilines is 1. The smallest absolute Gasteiger partial charge is 0.366 e. The van der Waals surface area contributed by atoms with E-state index in [4.69, 9.17) is 5.73 Å². The van der Waals surface area contributed by atoms with Crippen LogP contribution in [0.1, 0.15) is 18.1 Å². The highest BCUT2D eigenvalue weighted by Gasteiger charge is 2.36. The third-order valence-corrected chi connectivity index (χ3v) is 3.74. The van der Waals surface area contributed by atoms with Crippen molar-refractivity contribution in [3.05, 3.63) is 29.3 Å². The lowest BCUT2D eigenvalue weighted by Gasteiger charge is -2.40. The van der Waals surface area contributed by atoms with Crippen molar-refractivity contribution in [1.29, 1.82) is 0 Å². The minimum absolute atomic E-state index is 0.0542. The van der Waals surface area contributed by atoms with Crippen molar-refractivity contribution in [2.75, 3.05) is 31.6 Å². The van der Waals surface area contributed by atoms with Crippen molar-refractivity contribution >= 4 is 5.69 Å². The molecule has 1 aliphatic heterocycles. The number of alkyl halides is 3. The topological polar surface area (TPSA) is 32.5 Å². The number of piperazine rings is 1. The average Bonchev–Trinajstić information content (AvgIpc) is 2.37. The minimum atomic E-state index is -4.36. The normalized spacial score (nSPS) is 21.3. The van der Waals surface area contributed by atoms with E-state index in [1.807, 2.05) is 18.9 Å². The monoisotopic (exact) mass is 287 g/mol. The van der Waals surface area contributed by atoms with Crippen LogP contribution in [0.25, 0.3) is 0 Å². The molecule has 0 spiro atoms. The molecule has 1 unspecified atom stereocenters. The van der Waals surface area contributed by atoms with Crippen molar-refractivity contribution in [2.24, 2.45) is 5.73 Å². The third-order valence-electron chi connectivity index (χ3n) is 3.74. The molecule has 0 aliphatic carbocycles. The molecule has 0 saturated carbocycles. The first-order valence-electron chi connectivity index (χ1n) is 6.68. The first-order valence-corrected chi connectivity index (χ1v) is 6.68. The Morgan fingerprint density at radius 3 is 2.55 bits per heavy atom. The highest BCUT2D eigenvalue weighted by Crippen LogP contribution is 2.38. The summed E-state index contributed by atoms with van der Waals surface area (Å²) in [6.07, 6.45) is -4.36. The molecule has 0 aromatic heterocycles. The molecule has 20 heavy (non-hydrogen) atoms. The number of hydrogen-bond donors (Lipinski definition) is 1. The molecule has 1 aliphatic rings. The van der Waals surface area contributed by atoms with Crippen LogP contribution in [0, 0.1) is 0 Å². The van der Waals surface area contributed by atoms with Crippen LogP contribution in [0.4, 0.5) is 18.9 Å². The fraction of sp³-hybridized carbons (Fsp3) is 0.571. The Balaban J connectivity index is 2.40. The number of halogens is 3. The highest BCUT2D eigenvalue weighted by molar-refractivity contribution is 5.57. The molecule has 2 N–H and O–H groups in total. The van der Waals surface area contributed by atoms with Crippen molar-refractivity contribution in [3.63, 3.8) is 0 Å². The first kappa shape index (κ1) is 15.1. The van der Waals surface area contributed by atoms with Gasteiger partial charge < -0.3 is 15.5 Å². The predicted octanol–water partition coefficient (Wildman–Crippen LogP) is 2.30. The second kappa shape index (κ2) is 5.61. The van der Waals surface area contributed by atoms with Gasteiger partial charge in [-0.3, -0.25) is 0 Å². The quantitative estimate of drug-likeness (QED) is 0.906. The van der Waals surface area contributed by atoms with Gasteiger partial charge in [0, 0.05) is 37.9 Å². The summed E-state index contributed by atoms with van der Waals surface area (Å²) in [6, 6.07) is 4.45. The van der Waals surface area contributed by atoms with Crippen molar-refractivity contribution < 1.29 is 13.2 Å². The molecule has 1 heterocycles. The van der Waals surface area contributed by atoms with E-state index in [0.29, 0.717) is 12.1 Å². The van der Waals surface area contributed by atoms with Gasteiger partial charge in [-0.1, -0.05) is 6.07 Å². The lowest BCUT2D eigenvalue weighted by Crippen LogP contribution is -2.51. The standard InChI is InChI=1S/C14H20F3N3/c1-10-9-19(2)5-6-20(10)13-4-3-11(8-18)7-12(13)14(15,16)17/h3-4,7,10H,5-6,8-9,18H2,1-2H3. The Kier molecular flexibility index (Phi) is 4.25. The summed E-state index contributed by atoms with van der Waals surface area (Å²) in [6.45, 7) is 4.19. The molecule has 0 bridgehead atoms. The Labute approximate surface area is 117 Å². The van der Waals surface area contributed by atoms with E-state index in [0.717, 1.165) is 13.1 Å². The lowest BCUT2D eigenvalue weighted by atomic mass is 10.0. The maximum atomic E-state index is 13.2. The summed E-state index contributed by atoms with van der Waals surface area (Å²) in [4.78, 5) is 3.96. The lowest BCUT2D eigenvalue weighted by molar-refractivity contribution is -0.137. The largest absolute Gasteiger partial charge is 0.418 e. The Morgan fingerprint density at radius 1 is 1.30 bits per heavy atom. The highest BCUT2D eigenvalue weighted by atomic mass is 19.4. The third kappa shape index (κ3) is 3.07. The van der Waals surface area contributed by atoms with Crippen LogP contribution in [0.2, 0.25) is 0 Å². The fourth-order valence-electron chi connectivity index (χ4n) is 2.69. The van der Waals surface area contributed by atoms with E-state index in [1.54, 1.807) is 12.1 Å². The van der Waals surface area contributed by atoms with Gasteiger partial charge in [0.2, 0.25) is 0 Å². The summed E-state index contributed by atoms with van der Waals surface area (Å²) in [7, 11) is 1.98. The van der Waals surface area contributed by atoms with Gasteiger partial charge in [0.25, 0.3) is 0 Å². The molecule has 0 amide bonds. The van der Waals surface area contributed by atoms with Gasteiger partial charge >= 0.3 is 6.18 Å². The number of likely N-dealkylation sites (N-methyl/N-ethyl adjacent to an activating group) is 1. The van der Waals surface area contributed by atoms with Crippen LogP contribution < -0.4 is 10.6 Å². The average molecular weight is 287 g/mol. The molecule has 1 atom stereocenters. The SMILES string of the molecule is CC1CN(C)CCN1c1ccc(CN)cc1C(F)(F)F. The van der Waals surface area contributed by atoms with Gasteiger partial charge in [-0.15, -0.1) is 0 Å². The predicted molar refractivity (Wildman–Crippen MR) is 73.6 cm³/mol. The maximum absolute atomic E-state index is 13.2. The second-order valence-corrected chi connectivity index (χ2v) is 5.36. The van der Waals surface area contributed by atoms with Crippen molar-refractivity contribution in [2.45, 2.75) is 25.7 Å². The van der Waals surface area contributed by atoms with E-state index >= 15 is 0 Å². The van der Waals surface area contributed by atoms with E-state index in [2.05, 4.69) is 4.90 Å². The van der Waals surface area contributed by atoms with Gasteiger partial charge in [0.15, 0.2) is 0 Å². The second-order valence-electron chi connectivity index (χ2n) is 5.36. The van der Waals surface area contributed by atoms with Gasteiger partial charge in [-0.05, 0) is 31.7 Å². The molecule has 112 valence electrons. The number of nitrogens with two attached hydrogens (primary N) is 1. The number of rotatable bonds is 2. The molecule has 6 heteroatoms. The molecule has 1 aromatic carbocycles. The van der Waals surface area contributed by atoms with Crippen LogP contribution in [0.15, 0.2) is 18.2 Å². The van der Waals surface area contributed by atoms with Crippen molar-refractivity contribution in [1.82, 2.24) is 4.90 Å². The molecule has 1 saturated heterocycles. The van der Waals surface area contributed by atoms with Gasteiger partial charge in [0.05, 0.1) is 5.56 Å². The zero-order valence-corrected chi connectivity index (χ0v) is 11.7. The van der Waals surface area contributed by atoms with E-state index in [9.17, 15) is 13.2 Å². The molecule has 3 nitrogen and oxygen atoms in total. The van der Waals surface area contributed by atoms with Crippen LogP contribution in [-0.4, -0.2) is 37.6 Å². The van der Waals surface area contributed by atoms with Crippen LogP contribution in [-0.2, 0) is 12.7 Å². The molecular weight excluding hydrogens is 267 g/mol. The van der Waals surface area contributed by atoms with Crippen LogP contribution in [0.5, 0.6) is 0 Å². The van der Waals surface area contributed by atoms with E-state index in [1.165, 1.54) is 6.07 Å². The summed E-state index contributed by atoms with van der Waals surface area (Å²) in [5, 5.41) is 0. The summed E-state index contributed by atoms with van der Waals surface area (Å²) >= 11 is 0.